The molecule has 0 fully saturated rings. The fourth-order valence-corrected chi connectivity index (χ4v) is 3.41. The van der Waals surface area contributed by atoms with Crippen molar-refractivity contribution < 1.29 is 9.18 Å². The van der Waals surface area contributed by atoms with Crippen LogP contribution in [0.25, 0.3) is 0 Å². The summed E-state index contributed by atoms with van der Waals surface area (Å²) in [5.74, 6) is -0.312. The van der Waals surface area contributed by atoms with Crippen molar-refractivity contribution in [3.8, 4) is 0 Å². The Morgan fingerprint density at radius 1 is 1.21 bits per heavy atom. The number of carbonyl (C=O) groups is 1. The van der Waals surface area contributed by atoms with Gasteiger partial charge in [0.2, 0.25) is 0 Å². The van der Waals surface area contributed by atoms with E-state index in [0.717, 1.165) is 23.2 Å². The van der Waals surface area contributed by atoms with Gasteiger partial charge >= 0.3 is 0 Å². The monoisotopic (exact) mass is 253 g/mol. The molecule has 0 unspecified atom stereocenters. The SMILES string of the molecule is C[C@]12Cc3ccccc3N1C(=O)c1ccc(F)cc12. The van der Waals surface area contributed by atoms with Crippen LogP contribution in [0.1, 0.15) is 28.4 Å². The summed E-state index contributed by atoms with van der Waals surface area (Å²) in [5, 5.41) is 0. The van der Waals surface area contributed by atoms with E-state index in [2.05, 4.69) is 0 Å². The maximum Gasteiger partial charge on any atom is 0.259 e. The lowest BCUT2D eigenvalue weighted by atomic mass is 9.88. The number of para-hydroxylation sites is 1. The second-order valence-electron chi connectivity index (χ2n) is 5.41. The molecule has 1 amide bonds. The molecule has 0 aromatic heterocycles. The number of hydrogen-bond donors (Lipinski definition) is 0. The van der Waals surface area contributed by atoms with Crippen molar-refractivity contribution in [1.29, 1.82) is 0 Å². The van der Waals surface area contributed by atoms with Gasteiger partial charge in [-0.25, -0.2) is 4.39 Å². The van der Waals surface area contributed by atoms with E-state index in [4.69, 9.17) is 0 Å². The van der Waals surface area contributed by atoms with Crippen molar-refractivity contribution in [1.82, 2.24) is 0 Å². The Morgan fingerprint density at radius 2 is 2.00 bits per heavy atom. The number of rotatable bonds is 0. The third kappa shape index (κ3) is 1.17. The summed E-state index contributed by atoms with van der Waals surface area (Å²) in [5.41, 5.74) is 3.07. The number of amides is 1. The molecule has 2 nitrogen and oxygen atoms in total. The lowest BCUT2D eigenvalue weighted by Gasteiger charge is -2.28. The molecule has 94 valence electrons. The molecule has 19 heavy (non-hydrogen) atoms. The Morgan fingerprint density at radius 3 is 2.84 bits per heavy atom. The quantitative estimate of drug-likeness (QED) is 0.705. The Balaban J connectivity index is 2.00. The smallest absolute Gasteiger partial charge is 0.259 e. The van der Waals surface area contributed by atoms with Gasteiger partial charge in [0, 0.05) is 17.7 Å². The maximum atomic E-state index is 13.5. The number of carbonyl (C=O) groups excluding carboxylic acids is 1. The molecule has 2 heterocycles. The molecule has 4 rings (SSSR count). The Kier molecular flexibility index (Phi) is 1.83. The van der Waals surface area contributed by atoms with Crippen LogP contribution < -0.4 is 4.90 Å². The van der Waals surface area contributed by atoms with Crippen LogP contribution in [0.4, 0.5) is 10.1 Å². The van der Waals surface area contributed by atoms with Gasteiger partial charge in [0.05, 0.1) is 5.54 Å². The summed E-state index contributed by atoms with van der Waals surface area (Å²) >= 11 is 0. The molecular weight excluding hydrogens is 241 g/mol. The van der Waals surface area contributed by atoms with Crippen molar-refractivity contribution in [3.63, 3.8) is 0 Å². The van der Waals surface area contributed by atoms with Gasteiger partial charge in [-0.15, -0.1) is 0 Å². The van der Waals surface area contributed by atoms with Gasteiger partial charge in [-0.2, -0.15) is 0 Å². The summed E-state index contributed by atoms with van der Waals surface area (Å²) in [6.07, 6.45) is 0.741. The van der Waals surface area contributed by atoms with Gasteiger partial charge in [-0.3, -0.25) is 9.69 Å². The summed E-state index contributed by atoms with van der Waals surface area (Å²) in [7, 11) is 0. The maximum absolute atomic E-state index is 13.5. The molecule has 2 aromatic carbocycles. The second kappa shape index (κ2) is 3.23. The predicted octanol–water partition coefficient (Wildman–Crippen LogP) is 3.26. The van der Waals surface area contributed by atoms with Gasteiger partial charge in [0.1, 0.15) is 5.82 Å². The summed E-state index contributed by atoms with van der Waals surface area (Å²) in [6.45, 7) is 2.01. The van der Waals surface area contributed by atoms with Gasteiger partial charge < -0.3 is 0 Å². The molecule has 0 saturated carbocycles. The highest BCUT2D eigenvalue weighted by molar-refractivity contribution is 6.13. The van der Waals surface area contributed by atoms with E-state index in [1.807, 2.05) is 36.1 Å². The van der Waals surface area contributed by atoms with E-state index in [9.17, 15) is 9.18 Å². The fourth-order valence-electron chi connectivity index (χ4n) is 3.41. The molecule has 1 atom stereocenters. The van der Waals surface area contributed by atoms with Crippen molar-refractivity contribution >= 4 is 11.6 Å². The molecule has 0 bridgehead atoms. The highest BCUT2D eigenvalue weighted by Crippen LogP contribution is 2.50. The number of halogens is 1. The zero-order valence-electron chi connectivity index (χ0n) is 10.5. The highest BCUT2D eigenvalue weighted by atomic mass is 19.1. The van der Waals surface area contributed by atoms with Crippen molar-refractivity contribution in [2.24, 2.45) is 0 Å². The molecule has 2 aliphatic rings. The lowest BCUT2D eigenvalue weighted by molar-refractivity contribution is 0.0983. The number of nitrogens with zero attached hydrogens (tertiary/aromatic N) is 1. The second-order valence-corrected chi connectivity index (χ2v) is 5.41. The minimum Gasteiger partial charge on any atom is -0.298 e. The van der Waals surface area contributed by atoms with Crippen molar-refractivity contribution in [2.45, 2.75) is 18.9 Å². The van der Waals surface area contributed by atoms with Crippen LogP contribution in [-0.4, -0.2) is 5.91 Å². The first-order valence-corrected chi connectivity index (χ1v) is 6.34. The van der Waals surface area contributed by atoms with Crippen LogP contribution in [-0.2, 0) is 12.0 Å². The third-order valence-corrected chi connectivity index (χ3v) is 4.26. The van der Waals surface area contributed by atoms with Crippen LogP contribution in [0.5, 0.6) is 0 Å². The Hall–Kier alpha value is -2.16. The largest absolute Gasteiger partial charge is 0.298 e. The number of benzene rings is 2. The first kappa shape index (κ1) is 10.7. The molecule has 3 heteroatoms. The normalized spacial score (nSPS) is 23.3. The van der Waals surface area contributed by atoms with Gasteiger partial charge in [0.15, 0.2) is 0 Å². The van der Waals surface area contributed by atoms with Crippen LogP contribution in [0.3, 0.4) is 0 Å². The zero-order valence-corrected chi connectivity index (χ0v) is 10.5. The molecule has 0 saturated heterocycles. The topological polar surface area (TPSA) is 20.3 Å². The predicted molar refractivity (Wildman–Crippen MR) is 70.7 cm³/mol. The van der Waals surface area contributed by atoms with Crippen LogP contribution in [0.15, 0.2) is 42.5 Å². The number of fused-ring (bicyclic) bond motifs is 5. The van der Waals surface area contributed by atoms with Crippen LogP contribution in [0, 0.1) is 5.82 Å². The molecule has 2 aliphatic heterocycles. The van der Waals surface area contributed by atoms with Crippen LogP contribution in [0.2, 0.25) is 0 Å². The standard InChI is InChI=1S/C16H12FNO/c1-16-9-10-4-2-3-5-14(10)18(16)15(19)12-7-6-11(17)8-13(12)16/h2-8H,9H2,1H3/t16-/m1/s1. The van der Waals surface area contributed by atoms with E-state index >= 15 is 0 Å². The van der Waals surface area contributed by atoms with E-state index in [-0.39, 0.29) is 11.7 Å². The van der Waals surface area contributed by atoms with E-state index in [1.54, 1.807) is 6.07 Å². The number of anilines is 1. The van der Waals surface area contributed by atoms with E-state index in [0.29, 0.717) is 5.56 Å². The average Bonchev–Trinajstić information content (AvgIpc) is 2.80. The Bertz CT molecular complexity index is 724. The third-order valence-electron chi connectivity index (χ3n) is 4.26. The first-order valence-electron chi connectivity index (χ1n) is 6.34. The lowest BCUT2D eigenvalue weighted by Crippen LogP contribution is -2.38. The molecule has 0 spiro atoms. The minimum atomic E-state index is -0.446. The van der Waals surface area contributed by atoms with E-state index < -0.39 is 5.54 Å². The molecule has 0 N–H and O–H groups in total. The Labute approximate surface area is 110 Å². The summed E-state index contributed by atoms with van der Waals surface area (Å²) in [4.78, 5) is 14.4. The molecular formula is C16H12FNO. The molecule has 0 aliphatic carbocycles. The van der Waals surface area contributed by atoms with Gasteiger partial charge in [-0.05, 0) is 42.3 Å². The van der Waals surface area contributed by atoms with Crippen LogP contribution >= 0.6 is 0 Å². The fraction of sp³-hybridized carbons (Fsp3) is 0.188. The molecule has 2 aromatic rings. The van der Waals surface area contributed by atoms with Gasteiger partial charge in [-0.1, -0.05) is 18.2 Å². The summed E-state index contributed by atoms with van der Waals surface area (Å²) < 4.78 is 13.5. The number of hydrogen-bond acceptors (Lipinski definition) is 1. The van der Waals surface area contributed by atoms with Crippen molar-refractivity contribution in [2.75, 3.05) is 4.90 Å². The average molecular weight is 253 g/mol. The molecule has 0 radical (unpaired) electrons. The highest BCUT2D eigenvalue weighted by Gasteiger charge is 2.51. The summed E-state index contributed by atoms with van der Waals surface area (Å²) in [6, 6.07) is 12.3. The minimum absolute atomic E-state index is 0.0255. The van der Waals surface area contributed by atoms with Crippen molar-refractivity contribution in [3.05, 3.63) is 65.0 Å². The first-order chi connectivity index (χ1) is 9.11. The zero-order chi connectivity index (χ0) is 13.2. The van der Waals surface area contributed by atoms with Gasteiger partial charge in [0.25, 0.3) is 5.91 Å². The van der Waals surface area contributed by atoms with E-state index in [1.165, 1.54) is 12.1 Å².